The van der Waals surface area contributed by atoms with Crippen molar-refractivity contribution in [2.75, 3.05) is 46.5 Å². The molecular formula is C21H22ClFN2O4. The predicted octanol–water partition coefficient (Wildman–Crippen LogP) is 3.22. The summed E-state index contributed by atoms with van der Waals surface area (Å²) in [6.45, 7) is 3.96. The van der Waals surface area contributed by atoms with Crippen molar-refractivity contribution in [2.24, 2.45) is 0 Å². The molecule has 2 aromatic rings. The summed E-state index contributed by atoms with van der Waals surface area (Å²) >= 11 is 6.26. The molecule has 2 heterocycles. The van der Waals surface area contributed by atoms with Crippen LogP contribution in [0.4, 0.5) is 4.39 Å². The number of halogens is 2. The van der Waals surface area contributed by atoms with Gasteiger partial charge in [0.2, 0.25) is 0 Å². The van der Waals surface area contributed by atoms with Gasteiger partial charge in [0, 0.05) is 43.9 Å². The molecule has 1 fully saturated rings. The highest BCUT2D eigenvalue weighted by molar-refractivity contribution is 6.32. The minimum absolute atomic E-state index is 0.0909. The normalized spacial score (nSPS) is 16.6. The summed E-state index contributed by atoms with van der Waals surface area (Å²) in [5.41, 5.74) is 1.28. The molecule has 0 spiro atoms. The molecule has 1 amide bonds. The van der Waals surface area contributed by atoms with E-state index in [1.165, 1.54) is 12.1 Å². The van der Waals surface area contributed by atoms with Crippen LogP contribution in [-0.2, 0) is 6.54 Å². The second-order valence-corrected chi connectivity index (χ2v) is 7.41. The van der Waals surface area contributed by atoms with Crippen molar-refractivity contribution in [3.63, 3.8) is 0 Å². The van der Waals surface area contributed by atoms with Crippen molar-refractivity contribution in [2.45, 2.75) is 6.54 Å². The largest absolute Gasteiger partial charge is 0.496 e. The Bertz CT molecular complexity index is 916. The number of amides is 1. The van der Waals surface area contributed by atoms with Crippen LogP contribution >= 0.6 is 11.6 Å². The van der Waals surface area contributed by atoms with Gasteiger partial charge in [-0.25, -0.2) is 4.39 Å². The number of methoxy groups -OCH3 is 1. The summed E-state index contributed by atoms with van der Waals surface area (Å²) in [6, 6.07) is 7.83. The lowest BCUT2D eigenvalue weighted by Crippen LogP contribution is -2.48. The lowest BCUT2D eigenvalue weighted by Gasteiger charge is -2.35. The van der Waals surface area contributed by atoms with Crippen LogP contribution in [0.1, 0.15) is 15.9 Å². The van der Waals surface area contributed by atoms with Gasteiger partial charge in [0.15, 0.2) is 11.5 Å². The maximum atomic E-state index is 13.6. The van der Waals surface area contributed by atoms with E-state index in [0.29, 0.717) is 73.8 Å². The first kappa shape index (κ1) is 19.8. The topological polar surface area (TPSA) is 51.2 Å². The fourth-order valence-electron chi connectivity index (χ4n) is 3.64. The van der Waals surface area contributed by atoms with Gasteiger partial charge < -0.3 is 19.1 Å². The van der Waals surface area contributed by atoms with Crippen LogP contribution in [0.25, 0.3) is 0 Å². The molecule has 0 radical (unpaired) electrons. The van der Waals surface area contributed by atoms with Crippen LogP contribution in [0.3, 0.4) is 0 Å². The summed E-state index contributed by atoms with van der Waals surface area (Å²) in [5, 5.41) is 0.377. The number of ether oxygens (including phenoxy) is 3. The van der Waals surface area contributed by atoms with E-state index in [1.54, 1.807) is 30.2 Å². The van der Waals surface area contributed by atoms with Gasteiger partial charge in [-0.2, -0.15) is 0 Å². The van der Waals surface area contributed by atoms with E-state index in [0.717, 1.165) is 5.56 Å². The summed E-state index contributed by atoms with van der Waals surface area (Å²) in [4.78, 5) is 16.9. The number of fused-ring (bicyclic) bond motifs is 1. The third kappa shape index (κ3) is 4.26. The Balaban J connectivity index is 1.40. The number of carbonyl (C=O) groups excluding carboxylic acids is 1. The molecule has 2 aliphatic heterocycles. The number of nitrogens with zero attached hydrogens (tertiary/aromatic N) is 2. The molecular weight excluding hydrogens is 399 g/mol. The first-order valence-electron chi connectivity index (χ1n) is 9.48. The molecule has 1 saturated heterocycles. The summed E-state index contributed by atoms with van der Waals surface area (Å²) in [7, 11) is 1.58. The second-order valence-electron chi connectivity index (χ2n) is 7.01. The zero-order chi connectivity index (χ0) is 20.4. The Morgan fingerprint density at radius 2 is 1.90 bits per heavy atom. The molecule has 0 unspecified atom stereocenters. The van der Waals surface area contributed by atoms with E-state index in [1.807, 2.05) is 0 Å². The third-order valence-electron chi connectivity index (χ3n) is 5.14. The van der Waals surface area contributed by atoms with E-state index in [-0.39, 0.29) is 11.7 Å². The maximum absolute atomic E-state index is 13.6. The molecule has 0 atom stereocenters. The van der Waals surface area contributed by atoms with Gasteiger partial charge in [0.1, 0.15) is 24.8 Å². The molecule has 0 aliphatic carbocycles. The lowest BCUT2D eigenvalue weighted by atomic mass is 10.1. The fraction of sp³-hybridized carbons (Fsp3) is 0.381. The summed E-state index contributed by atoms with van der Waals surface area (Å²) in [6.07, 6.45) is 0. The van der Waals surface area contributed by atoms with Crippen LogP contribution in [0.15, 0.2) is 30.3 Å². The molecule has 154 valence electrons. The van der Waals surface area contributed by atoms with E-state index in [4.69, 9.17) is 25.8 Å². The van der Waals surface area contributed by atoms with Crippen molar-refractivity contribution in [1.82, 2.24) is 9.80 Å². The van der Waals surface area contributed by atoms with Crippen molar-refractivity contribution >= 4 is 17.5 Å². The molecule has 4 rings (SSSR count). The number of piperazine rings is 1. The minimum Gasteiger partial charge on any atom is -0.496 e. The molecule has 0 bridgehead atoms. The highest BCUT2D eigenvalue weighted by atomic mass is 35.5. The van der Waals surface area contributed by atoms with Crippen molar-refractivity contribution < 1.29 is 23.4 Å². The summed E-state index contributed by atoms with van der Waals surface area (Å²) < 4.78 is 30.0. The number of hydrogen-bond donors (Lipinski definition) is 0. The Hall–Kier alpha value is -2.51. The van der Waals surface area contributed by atoms with Gasteiger partial charge in [0.05, 0.1) is 12.1 Å². The van der Waals surface area contributed by atoms with Gasteiger partial charge in [0.25, 0.3) is 5.91 Å². The molecule has 6 nitrogen and oxygen atoms in total. The van der Waals surface area contributed by atoms with Gasteiger partial charge >= 0.3 is 0 Å². The van der Waals surface area contributed by atoms with Crippen LogP contribution in [0.5, 0.6) is 17.2 Å². The fourth-order valence-corrected chi connectivity index (χ4v) is 3.90. The summed E-state index contributed by atoms with van der Waals surface area (Å²) in [5.74, 6) is 1.28. The Morgan fingerprint density at radius 3 is 2.66 bits per heavy atom. The van der Waals surface area contributed by atoms with Crippen LogP contribution in [0.2, 0.25) is 5.02 Å². The van der Waals surface area contributed by atoms with E-state index >= 15 is 0 Å². The average molecular weight is 421 g/mol. The number of hydrogen-bond acceptors (Lipinski definition) is 5. The van der Waals surface area contributed by atoms with E-state index in [9.17, 15) is 9.18 Å². The Labute approximate surface area is 173 Å². The number of carbonyl (C=O) groups is 1. The van der Waals surface area contributed by atoms with Gasteiger partial charge in [-0.05, 0) is 30.3 Å². The zero-order valence-electron chi connectivity index (χ0n) is 16.1. The van der Waals surface area contributed by atoms with Crippen molar-refractivity contribution in [3.8, 4) is 17.2 Å². The van der Waals surface area contributed by atoms with Gasteiger partial charge in [-0.1, -0.05) is 11.6 Å². The number of rotatable bonds is 4. The number of benzene rings is 2. The first-order chi connectivity index (χ1) is 14.0. The maximum Gasteiger partial charge on any atom is 0.254 e. The van der Waals surface area contributed by atoms with Gasteiger partial charge in [-0.3, -0.25) is 9.69 Å². The molecule has 0 aromatic heterocycles. The highest BCUT2D eigenvalue weighted by Crippen LogP contribution is 2.38. The van der Waals surface area contributed by atoms with Crippen LogP contribution in [-0.4, -0.2) is 62.2 Å². The molecule has 2 aliphatic rings. The Morgan fingerprint density at radius 1 is 1.14 bits per heavy atom. The lowest BCUT2D eigenvalue weighted by molar-refractivity contribution is 0.0626. The smallest absolute Gasteiger partial charge is 0.254 e. The third-order valence-corrected chi connectivity index (χ3v) is 5.42. The predicted molar refractivity (Wildman–Crippen MR) is 107 cm³/mol. The van der Waals surface area contributed by atoms with Crippen molar-refractivity contribution in [1.29, 1.82) is 0 Å². The molecule has 29 heavy (non-hydrogen) atoms. The highest BCUT2D eigenvalue weighted by Gasteiger charge is 2.25. The standard InChI is InChI=1S/C21H22ClFN2O4/c1-27-18-3-2-16(23)10-15(18)13-24-4-6-25(7-5-24)21(26)14-11-17(22)20-19(12-14)28-8-9-29-20/h2-3,10-12H,4-9,13H2,1H3. The second kappa shape index (κ2) is 8.47. The van der Waals surface area contributed by atoms with E-state index < -0.39 is 0 Å². The van der Waals surface area contributed by atoms with E-state index in [2.05, 4.69) is 4.90 Å². The van der Waals surface area contributed by atoms with Crippen LogP contribution < -0.4 is 14.2 Å². The molecule has 2 aromatic carbocycles. The van der Waals surface area contributed by atoms with Crippen molar-refractivity contribution in [3.05, 3.63) is 52.3 Å². The first-order valence-corrected chi connectivity index (χ1v) is 9.86. The zero-order valence-corrected chi connectivity index (χ0v) is 16.9. The average Bonchev–Trinajstić information content (AvgIpc) is 2.74. The quantitative estimate of drug-likeness (QED) is 0.760. The monoisotopic (exact) mass is 420 g/mol. The van der Waals surface area contributed by atoms with Crippen LogP contribution in [0, 0.1) is 5.82 Å². The minimum atomic E-state index is -0.287. The SMILES string of the molecule is COc1ccc(F)cc1CN1CCN(C(=O)c2cc(Cl)c3c(c2)OCCO3)CC1. The Kier molecular flexibility index (Phi) is 5.78. The molecule has 0 saturated carbocycles. The molecule has 0 N–H and O–H groups in total. The van der Waals surface area contributed by atoms with Gasteiger partial charge in [-0.15, -0.1) is 0 Å². The molecule has 8 heteroatoms.